The van der Waals surface area contributed by atoms with E-state index >= 15 is 0 Å². The highest BCUT2D eigenvalue weighted by Gasteiger charge is 2.62. The molecule has 7 nitrogen and oxygen atoms in total. The van der Waals surface area contributed by atoms with Crippen molar-refractivity contribution in [3.05, 3.63) is 24.0 Å². The number of nitrogens with one attached hydrogen (secondary N) is 1. The predicted octanol–water partition coefficient (Wildman–Crippen LogP) is 6.03. The number of fused-ring (bicyclic) bond motifs is 3. The van der Waals surface area contributed by atoms with E-state index < -0.39 is 23.3 Å². The Morgan fingerprint density at radius 3 is 2.57 bits per heavy atom. The molecular weight excluding hydrogens is 468 g/mol. The summed E-state index contributed by atoms with van der Waals surface area (Å²) in [5.74, 6) is -0.0491. The second kappa shape index (κ2) is 10.1. The standard InChI is InChI=1S/C30H46N2O5/c1-7-28(5)14-12-10-8-9-11-13-22(31-26(35)37-27(2,3)4)24(33)32-20-30(15-16-30)19-29(32,6)23-17-21(18-28)25(34)36-23/h12,14,17,21-22H,7-11,13,15-16,18-20H2,1-6H3,(H,31,35)/b14-12-/t21?,22-,28?,29?/m0/s1. The number of nitrogens with zero attached hydrogens (tertiary/aromatic N) is 1. The summed E-state index contributed by atoms with van der Waals surface area (Å²) in [4.78, 5) is 41.8. The van der Waals surface area contributed by atoms with Crippen molar-refractivity contribution in [2.24, 2.45) is 16.7 Å². The van der Waals surface area contributed by atoms with Crippen LogP contribution in [0.3, 0.4) is 0 Å². The summed E-state index contributed by atoms with van der Waals surface area (Å²) < 4.78 is 11.4. The molecule has 2 fully saturated rings. The zero-order valence-electron chi connectivity index (χ0n) is 23.7. The van der Waals surface area contributed by atoms with Crippen LogP contribution in [0.4, 0.5) is 4.79 Å². The molecule has 2 bridgehead atoms. The molecule has 4 aliphatic rings. The Hall–Kier alpha value is -2.31. The van der Waals surface area contributed by atoms with E-state index in [2.05, 4.69) is 31.3 Å². The van der Waals surface area contributed by atoms with Gasteiger partial charge in [-0.15, -0.1) is 0 Å². The monoisotopic (exact) mass is 514 g/mol. The number of esters is 1. The highest BCUT2D eigenvalue weighted by atomic mass is 16.6. The van der Waals surface area contributed by atoms with Crippen LogP contribution in [-0.4, -0.2) is 46.6 Å². The molecule has 1 N–H and O–H groups in total. The smallest absolute Gasteiger partial charge is 0.408 e. The molecule has 0 radical (unpaired) electrons. The van der Waals surface area contributed by atoms with Crippen molar-refractivity contribution in [3.63, 3.8) is 0 Å². The zero-order valence-corrected chi connectivity index (χ0v) is 23.7. The van der Waals surface area contributed by atoms with Crippen molar-refractivity contribution in [3.8, 4) is 0 Å². The first-order valence-corrected chi connectivity index (χ1v) is 14.2. The minimum Gasteiger partial charge on any atom is -0.444 e. The van der Waals surface area contributed by atoms with Crippen LogP contribution in [0.2, 0.25) is 0 Å². The van der Waals surface area contributed by atoms with Gasteiger partial charge >= 0.3 is 12.1 Å². The van der Waals surface area contributed by atoms with Crippen LogP contribution in [-0.2, 0) is 19.1 Å². The number of carbonyl (C=O) groups is 3. The number of amides is 2. The summed E-state index contributed by atoms with van der Waals surface area (Å²) in [6.45, 7) is 12.5. The maximum absolute atomic E-state index is 14.1. The van der Waals surface area contributed by atoms with Crippen LogP contribution in [0.1, 0.15) is 106 Å². The average Bonchev–Trinajstić information content (AvgIpc) is 3.34. The molecule has 37 heavy (non-hydrogen) atoms. The van der Waals surface area contributed by atoms with Gasteiger partial charge in [-0.05, 0) is 96.0 Å². The molecule has 1 spiro atoms. The van der Waals surface area contributed by atoms with Gasteiger partial charge in [-0.1, -0.05) is 38.8 Å². The number of ether oxygens (including phenoxy) is 2. The molecule has 7 heteroatoms. The molecule has 4 atom stereocenters. The van der Waals surface area contributed by atoms with Crippen molar-refractivity contribution >= 4 is 18.0 Å². The molecule has 4 rings (SSSR count). The lowest BCUT2D eigenvalue weighted by molar-refractivity contribution is -0.145. The maximum atomic E-state index is 14.1. The predicted molar refractivity (Wildman–Crippen MR) is 142 cm³/mol. The Bertz CT molecular complexity index is 975. The number of rotatable bonds is 2. The molecule has 3 aliphatic heterocycles. The zero-order chi connectivity index (χ0) is 27.1. The van der Waals surface area contributed by atoms with Gasteiger partial charge in [-0.2, -0.15) is 0 Å². The molecule has 2 amide bonds. The topological polar surface area (TPSA) is 84.9 Å². The molecule has 1 saturated heterocycles. The minimum absolute atomic E-state index is 0.0792. The summed E-state index contributed by atoms with van der Waals surface area (Å²) >= 11 is 0. The van der Waals surface area contributed by atoms with Gasteiger partial charge in [0.1, 0.15) is 17.4 Å². The van der Waals surface area contributed by atoms with Crippen LogP contribution in [0.5, 0.6) is 0 Å². The first kappa shape index (κ1) is 27.7. The van der Waals surface area contributed by atoms with Crippen LogP contribution >= 0.6 is 0 Å². The molecule has 1 aliphatic carbocycles. The van der Waals surface area contributed by atoms with Gasteiger partial charge in [0.05, 0.1) is 11.5 Å². The van der Waals surface area contributed by atoms with E-state index in [0.29, 0.717) is 25.1 Å². The fourth-order valence-electron chi connectivity index (χ4n) is 6.23. The second-order valence-corrected chi connectivity index (χ2v) is 13.4. The van der Waals surface area contributed by atoms with Crippen molar-refractivity contribution in [2.75, 3.05) is 6.54 Å². The Balaban J connectivity index is 1.66. The highest BCUT2D eigenvalue weighted by molar-refractivity contribution is 5.87. The number of hydrogen-bond acceptors (Lipinski definition) is 5. The Labute approximate surface area is 222 Å². The van der Waals surface area contributed by atoms with Gasteiger partial charge in [0.15, 0.2) is 0 Å². The van der Waals surface area contributed by atoms with Crippen molar-refractivity contribution in [1.82, 2.24) is 10.2 Å². The van der Waals surface area contributed by atoms with E-state index in [1.54, 1.807) is 0 Å². The van der Waals surface area contributed by atoms with E-state index in [4.69, 9.17) is 9.47 Å². The third kappa shape index (κ3) is 6.23. The average molecular weight is 515 g/mol. The number of alkyl carbamates (subject to hydrolysis) is 1. The third-order valence-corrected chi connectivity index (χ3v) is 8.80. The summed E-state index contributed by atoms with van der Waals surface area (Å²) in [5, 5.41) is 2.88. The molecule has 3 heterocycles. The third-order valence-electron chi connectivity index (χ3n) is 8.80. The fraction of sp³-hybridized carbons (Fsp3) is 0.767. The van der Waals surface area contributed by atoms with Gasteiger partial charge in [-0.25, -0.2) is 4.79 Å². The van der Waals surface area contributed by atoms with Gasteiger partial charge in [0, 0.05) is 6.54 Å². The van der Waals surface area contributed by atoms with Crippen molar-refractivity contribution < 1.29 is 23.9 Å². The molecule has 206 valence electrons. The van der Waals surface area contributed by atoms with Crippen molar-refractivity contribution in [2.45, 2.75) is 123 Å². The fourth-order valence-corrected chi connectivity index (χ4v) is 6.23. The van der Waals surface area contributed by atoms with Crippen molar-refractivity contribution in [1.29, 1.82) is 0 Å². The van der Waals surface area contributed by atoms with E-state index in [1.165, 1.54) is 0 Å². The number of carbonyl (C=O) groups excluding carboxylic acids is 3. The molecule has 0 aromatic rings. The van der Waals surface area contributed by atoms with Crippen LogP contribution in [0.15, 0.2) is 24.0 Å². The Morgan fingerprint density at radius 1 is 1.19 bits per heavy atom. The van der Waals surface area contributed by atoms with Crippen LogP contribution in [0.25, 0.3) is 0 Å². The summed E-state index contributed by atoms with van der Waals surface area (Å²) in [6.07, 6.45) is 14.8. The second-order valence-electron chi connectivity index (χ2n) is 13.4. The summed E-state index contributed by atoms with van der Waals surface area (Å²) in [6, 6.07) is -0.677. The Morgan fingerprint density at radius 2 is 1.92 bits per heavy atom. The van der Waals surface area contributed by atoms with Gasteiger partial charge in [0.25, 0.3) is 0 Å². The van der Waals surface area contributed by atoms with Crippen LogP contribution < -0.4 is 5.32 Å². The largest absolute Gasteiger partial charge is 0.444 e. The summed E-state index contributed by atoms with van der Waals surface area (Å²) in [7, 11) is 0. The first-order valence-electron chi connectivity index (χ1n) is 14.2. The normalized spacial score (nSPS) is 35.0. The SMILES string of the molecule is CCC1(C)/C=C\CCCCC[C@H](NC(=O)OC(C)(C)C)C(=O)N2CC3(CC3)CC2(C)C2=CC(C1)C(=O)O2. The van der Waals surface area contributed by atoms with E-state index in [9.17, 15) is 14.4 Å². The first-order chi connectivity index (χ1) is 17.3. The van der Waals surface area contributed by atoms with Gasteiger partial charge < -0.3 is 19.7 Å². The maximum Gasteiger partial charge on any atom is 0.408 e. The lowest BCUT2D eigenvalue weighted by Gasteiger charge is -2.37. The van der Waals surface area contributed by atoms with E-state index in [-0.39, 0.29) is 28.6 Å². The molecule has 0 aromatic carbocycles. The highest BCUT2D eigenvalue weighted by Crippen LogP contribution is 2.60. The van der Waals surface area contributed by atoms with E-state index in [1.807, 2.05) is 38.7 Å². The quantitative estimate of drug-likeness (QED) is 0.359. The van der Waals surface area contributed by atoms with Gasteiger partial charge in [-0.3, -0.25) is 9.59 Å². The Kier molecular flexibility index (Phi) is 7.57. The number of allylic oxidation sites excluding steroid dienone is 2. The lowest BCUT2D eigenvalue weighted by atomic mass is 9.78. The van der Waals surface area contributed by atoms with E-state index in [0.717, 1.165) is 51.4 Å². The molecule has 0 aromatic heterocycles. The lowest BCUT2D eigenvalue weighted by Crippen LogP contribution is -2.55. The molecular formula is C30H46N2O5. The molecule has 1 saturated carbocycles. The van der Waals surface area contributed by atoms with Gasteiger partial charge in [0.2, 0.25) is 5.91 Å². The number of hydrogen-bond donors (Lipinski definition) is 1. The minimum atomic E-state index is -0.707. The molecule has 3 unspecified atom stereocenters. The summed E-state index contributed by atoms with van der Waals surface area (Å²) in [5.41, 5.74) is -1.36. The van der Waals surface area contributed by atoms with Crippen LogP contribution in [0, 0.1) is 16.7 Å².